The number of methoxy groups -OCH3 is 1. The molecule has 2 unspecified atom stereocenters. The molecule has 0 amide bonds. The molecule has 0 aliphatic heterocycles. The molecule has 0 saturated heterocycles. The van der Waals surface area contributed by atoms with E-state index >= 15 is 0 Å². The second kappa shape index (κ2) is 19.3. The van der Waals surface area contributed by atoms with Crippen molar-refractivity contribution in [2.45, 2.75) is 60.3 Å². The van der Waals surface area contributed by atoms with Gasteiger partial charge in [-0.2, -0.15) is 0 Å². The fraction of sp³-hybridized carbons (Fsp3) is 0.483. The maximum atomic E-state index is 9.41. The molecule has 0 aromatic heterocycles. The summed E-state index contributed by atoms with van der Waals surface area (Å²) in [4.78, 5) is 9.41. The lowest BCUT2D eigenvalue weighted by Crippen LogP contribution is -2.03. The summed E-state index contributed by atoms with van der Waals surface area (Å²) < 4.78 is 10.8. The predicted octanol–water partition coefficient (Wildman–Crippen LogP) is 7.95. The summed E-state index contributed by atoms with van der Waals surface area (Å²) in [5.41, 5.74) is 4.30. The van der Waals surface area contributed by atoms with Gasteiger partial charge in [0.2, 0.25) is 0 Å². The molecule has 180 valence electrons. The number of allylic oxidation sites excluding steroid dienone is 8. The van der Waals surface area contributed by atoms with E-state index in [1.54, 1.807) is 14.0 Å². The van der Waals surface area contributed by atoms with Crippen molar-refractivity contribution in [2.75, 3.05) is 20.3 Å². The molecule has 0 aliphatic rings. The summed E-state index contributed by atoms with van der Waals surface area (Å²) in [6.07, 6.45) is 11.1. The van der Waals surface area contributed by atoms with Gasteiger partial charge in [0.25, 0.3) is 0 Å². The van der Waals surface area contributed by atoms with Gasteiger partial charge in [0.05, 0.1) is 6.61 Å². The van der Waals surface area contributed by atoms with Crippen LogP contribution in [-0.4, -0.2) is 26.6 Å². The topological polar surface area (TPSA) is 35.5 Å². The minimum absolute atomic E-state index is 0.472. The van der Waals surface area contributed by atoms with Crippen LogP contribution in [0, 0.1) is 11.8 Å². The zero-order valence-corrected chi connectivity index (χ0v) is 21.5. The van der Waals surface area contributed by atoms with Crippen molar-refractivity contribution in [1.82, 2.24) is 0 Å². The van der Waals surface area contributed by atoms with Crippen LogP contribution in [0.1, 0.15) is 60.3 Å². The summed E-state index contributed by atoms with van der Waals surface area (Å²) in [6.45, 7) is 31.4. The zero-order valence-electron chi connectivity index (χ0n) is 21.5. The van der Waals surface area contributed by atoms with Crippen LogP contribution in [0.3, 0.4) is 0 Å². The van der Waals surface area contributed by atoms with Gasteiger partial charge in [-0.25, -0.2) is 0 Å². The van der Waals surface area contributed by atoms with Crippen LogP contribution in [0.5, 0.6) is 0 Å². The summed E-state index contributed by atoms with van der Waals surface area (Å²) in [7, 11) is 1.66. The first-order valence-corrected chi connectivity index (χ1v) is 11.4. The maximum absolute atomic E-state index is 9.41. The van der Waals surface area contributed by atoms with Gasteiger partial charge in [-0.1, -0.05) is 91.2 Å². The lowest BCUT2D eigenvalue weighted by Gasteiger charge is -2.15. The first kappa shape index (κ1) is 31.8. The molecule has 2 atom stereocenters. The standard InChI is InChI=1S/C25H40O2.C4H6O/c1-10-19(3)12-13-21(5)22(6)14-15-23(7)24(8)18-25(20(4)11-2)27-17-16-26-9;1-4(2)3-5/h14-15,18-19,21H,4,6-8,10-13,16-17H2,1-3,5,9H3;3H,1H2,2H3/b15-14-,25-18+;. The third-order valence-electron chi connectivity index (χ3n) is 5.16. The molecular formula is C29H46O3. The molecule has 0 heterocycles. The Morgan fingerprint density at radius 1 is 0.938 bits per heavy atom. The highest BCUT2D eigenvalue weighted by Crippen LogP contribution is 2.23. The van der Waals surface area contributed by atoms with Crippen molar-refractivity contribution < 1.29 is 14.3 Å². The van der Waals surface area contributed by atoms with Crippen molar-refractivity contribution >= 4 is 6.29 Å². The van der Waals surface area contributed by atoms with E-state index in [1.807, 2.05) is 12.2 Å². The molecule has 0 bridgehead atoms. The molecule has 0 radical (unpaired) electrons. The summed E-state index contributed by atoms with van der Waals surface area (Å²) in [5.74, 6) is 1.99. The highest BCUT2D eigenvalue weighted by molar-refractivity contribution is 5.70. The van der Waals surface area contributed by atoms with E-state index in [0.29, 0.717) is 24.7 Å². The number of ether oxygens (including phenoxy) is 2. The summed E-state index contributed by atoms with van der Waals surface area (Å²) in [5, 5.41) is 0. The van der Waals surface area contributed by atoms with Gasteiger partial charge >= 0.3 is 0 Å². The molecule has 0 aromatic carbocycles. The third-order valence-corrected chi connectivity index (χ3v) is 5.16. The lowest BCUT2D eigenvalue weighted by atomic mass is 9.91. The van der Waals surface area contributed by atoms with Crippen LogP contribution in [0.2, 0.25) is 0 Å². The van der Waals surface area contributed by atoms with E-state index in [4.69, 9.17) is 9.47 Å². The SMILES string of the molecule is C=C(/C=C\C(=C)C(C)CCC(C)CC)C(=C)/C=C(/OCCOC)C(=C)CC.C=C(C)C=O. The maximum Gasteiger partial charge on any atom is 0.145 e. The quantitative estimate of drug-likeness (QED) is 0.0800. The van der Waals surface area contributed by atoms with Crippen molar-refractivity contribution in [2.24, 2.45) is 11.8 Å². The Balaban J connectivity index is 0. The van der Waals surface area contributed by atoms with Gasteiger partial charge in [-0.15, -0.1) is 0 Å². The number of hydrogen-bond donors (Lipinski definition) is 0. The first-order chi connectivity index (χ1) is 15.0. The Bertz CT molecular complexity index is 691. The largest absolute Gasteiger partial charge is 0.491 e. The average molecular weight is 443 g/mol. The fourth-order valence-electron chi connectivity index (χ4n) is 2.31. The van der Waals surface area contributed by atoms with E-state index in [0.717, 1.165) is 46.7 Å². The lowest BCUT2D eigenvalue weighted by molar-refractivity contribution is -0.104. The molecule has 0 fully saturated rings. The third kappa shape index (κ3) is 16.3. The smallest absolute Gasteiger partial charge is 0.145 e. The van der Waals surface area contributed by atoms with E-state index in [9.17, 15) is 4.79 Å². The van der Waals surface area contributed by atoms with Crippen LogP contribution in [-0.2, 0) is 14.3 Å². The Morgan fingerprint density at radius 2 is 1.53 bits per heavy atom. The van der Waals surface area contributed by atoms with E-state index in [-0.39, 0.29) is 0 Å². The highest BCUT2D eigenvalue weighted by atomic mass is 16.5. The second-order valence-electron chi connectivity index (χ2n) is 8.22. The minimum Gasteiger partial charge on any atom is -0.491 e. The normalized spacial score (nSPS) is 12.9. The molecular weight excluding hydrogens is 396 g/mol. The number of hydrogen-bond acceptors (Lipinski definition) is 3. The average Bonchev–Trinajstić information content (AvgIpc) is 2.79. The summed E-state index contributed by atoms with van der Waals surface area (Å²) in [6, 6.07) is 0. The molecule has 3 nitrogen and oxygen atoms in total. The van der Waals surface area contributed by atoms with Crippen LogP contribution >= 0.6 is 0 Å². The highest BCUT2D eigenvalue weighted by Gasteiger charge is 2.08. The molecule has 0 spiro atoms. The van der Waals surface area contributed by atoms with Crippen LogP contribution in [0.25, 0.3) is 0 Å². The number of carbonyl (C=O) groups is 1. The minimum atomic E-state index is 0.472. The van der Waals surface area contributed by atoms with Crippen molar-refractivity contribution in [3.05, 3.63) is 84.7 Å². The monoisotopic (exact) mass is 442 g/mol. The van der Waals surface area contributed by atoms with Crippen LogP contribution in [0.15, 0.2) is 84.7 Å². The molecule has 0 aliphatic carbocycles. The Kier molecular flexibility index (Phi) is 19.2. The predicted molar refractivity (Wildman–Crippen MR) is 141 cm³/mol. The van der Waals surface area contributed by atoms with E-state index in [1.165, 1.54) is 19.3 Å². The van der Waals surface area contributed by atoms with Crippen LogP contribution in [0.4, 0.5) is 0 Å². The van der Waals surface area contributed by atoms with Gasteiger partial charge in [0, 0.05) is 7.11 Å². The van der Waals surface area contributed by atoms with E-state index in [2.05, 4.69) is 66.7 Å². The number of carbonyl (C=O) groups excluding carboxylic acids is 1. The number of rotatable bonds is 16. The summed E-state index contributed by atoms with van der Waals surface area (Å²) >= 11 is 0. The van der Waals surface area contributed by atoms with Gasteiger partial charge < -0.3 is 9.47 Å². The molecule has 3 heteroatoms. The molecule has 32 heavy (non-hydrogen) atoms. The molecule has 0 rings (SSSR count). The Morgan fingerprint density at radius 3 is 2.00 bits per heavy atom. The second-order valence-corrected chi connectivity index (χ2v) is 8.22. The van der Waals surface area contributed by atoms with Crippen molar-refractivity contribution in [1.29, 1.82) is 0 Å². The fourth-order valence-corrected chi connectivity index (χ4v) is 2.31. The van der Waals surface area contributed by atoms with Gasteiger partial charge in [0.1, 0.15) is 18.7 Å². The van der Waals surface area contributed by atoms with Gasteiger partial charge in [0.15, 0.2) is 0 Å². The van der Waals surface area contributed by atoms with Crippen molar-refractivity contribution in [3.8, 4) is 0 Å². The van der Waals surface area contributed by atoms with Gasteiger partial charge in [-0.05, 0) is 60.0 Å². The Labute approximate surface area is 198 Å². The molecule has 0 N–H and O–H groups in total. The zero-order chi connectivity index (χ0) is 25.1. The van der Waals surface area contributed by atoms with Crippen molar-refractivity contribution in [3.63, 3.8) is 0 Å². The molecule has 0 aromatic rings. The first-order valence-electron chi connectivity index (χ1n) is 11.4. The van der Waals surface area contributed by atoms with Gasteiger partial charge in [-0.3, -0.25) is 4.79 Å². The van der Waals surface area contributed by atoms with Crippen LogP contribution < -0.4 is 0 Å². The number of aldehydes is 1. The van der Waals surface area contributed by atoms with E-state index < -0.39 is 0 Å². The Hall–Kier alpha value is -2.39. The molecule has 0 saturated carbocycles.